The molecule has 0 aromatic heterocycles. The molecule has 1 aromatic carbocycles. The Hall–Kier alpha value is -2.03. The van der Waals surface area contributed by atoms with Gasteiger partial charge in [0, 0.05) is 7.05 Å². The zero-order chi connectivity index (χ0) is 13.8. The van der Waals surface area contributed by atoms with Crippen LogP contribution >= 0.6 is 0 Å². The van der Waals surface area contributed by atoms with Crippen molar-refractivity contribution in [3.63, 3.8) is 0 Å². The number of benzene rings is 1. The van der Waals surface area contributed by atoms with Crippen LogP contribution in [0.15, 0.2) is 53.1 Å². The summed E-state index contributed by atoms with van der Waals surface area (Å²) in [5, 5.41) is 0. The molecule has 0 fully saturated rings. The van der Waals surface area contributed by atoms with Crippen LogP contribution in [0.1, 0.15) is 13.8 Å². The predicted octanol–water partition coefficient (Wildman–Crippen LogP) is 3.70. The van der Waals surface area contributed by atoms with Gasteiger partial charge in [0.15, 0.2) is 0 Å². The third-order valence-corrected chi connectivity index (χ3v) is 3.33. The molecule has 3 heteroatoms. The Labute approximate surface area is 114 Å². The molecule has 0 spiro atoms. The van der Waals surface area contributed by atoms with Crippen molar-refractivity contribution < 1.29 is 4.74 Å². The third-order valence-electron chi connectivity index (χ3n) is 3.33. The number of nitrogens with zero attached hydrogens (tertiary/aromatic N) is 2. The lowest BCUT2D eigenvalue weighted by atomic mass is 10.0. The summed E-state index contributed by atoms with van der Waals surface area (Å²) < 4.78 is 5.49. The van der Waals surface area contributed by atoms with Gasteiger partial charge in [-0.25, -0.2) is 4.99 Å². The largest absolute Gasteiger partial charge is 0.482 e. The Balaban J connectivity index is 2.52. The predicted molar refractivity (Wildman–Crippen MR) is 81.3 cm³/mol. The Morgan fingerprint density at radius 2 is 2.05 bits per heavy atom. The van der Waals surface area contributed by atoms with Gasteiger partial charge >= 0.3 is 0 Å². The van der Waals surface area contributed by atoms with Gasteiger partial charge in [0.05, 0.1) is 18.5 Å². The number of fused-ring (bicyclic) bond motifs is 1. The van der Waals surface area contributed by atoms with E-state index in [4.69, 9.17) is 4.74 Å². The topological polar surface area (TPSA) is 24.8 Å². The van der Waals surface area contributed by atoms with E-state index in [0.717, 1.165) is 17.3 Å². The fourth-order valence-corrected chi connectivity index (χ4v) is 2.40. The van der Waals surface area contributed by atoms with Gasteiger partial charge in [0.2, 0.25) is 5.90 Å². The van der Waals surface area contributed by atoms with Gasteiger partial charge in [-0.15, -0.1) is 0 Å². The first-order valence-electron chi connectivity index (χ1n) is 6.46. The monoisotopic (exact) mass is 256 g/mol. The summed E-state index contributed by atoms with van der Waals surface area (Å²) in [7, 11) is 3.75. The van der Waals surface area contributed by atoms with Crippen LogP contribution in [0.5, 0.6) is 0 Å². The lowest BCUT2D eigenvalue weighted by Gasteiger charge is -2.35. The number of rotatable bonds is 2. The standard InChI is InChI=1S/C16H20N2O/c1-5-9-12(6-2)15-16(19-4)17-13-10-7-8-11-14(13)18(15)3/h5-11,15H,1-4H3/b9-5-,12-6+. The van der Waals surface area contributed by atoms with Crippen molar-refractivity contribution >= 4 is 17.3 Å². The molecular weight excluding hydrogens is 236 g/mol. The summed E-state index contributed by atoms with van der Waals surface area (Å²) in [6.45, 7) is 4.06. The highest BCUT2D eigenvalue weighted by molar-refractivity contribution is 5.96. The van der Waals surface area contributed by atoms with Crippen molar-refractivity contribution in [3.05, 3.63) is 48.1 Å². The highest BCUT2D eigenvalue weighted by Crippen LogP contribution is 2.35. The Kier molecular flexibility index (Phi) is 4.05. The van der Waals surface area contributed by atoms with Crippen molar-refractivity contribution in [2.45, 2.75) is 19.9 Å². The zero-order valence-electron chi connectivity index (χ0n) is 11.9. The maximum Gasteiger partial charge on any atom is 0.216 e. The van der Waals surface area contributed by atoms with Crippen LogP contribution in [0.3, 0.4) is 0 Å². The number of allylic oxidation sites excluding steroid dienone is 2. The molecule has 1 aliphatic rings. The van der Waals surface area contributed by atoms with E-state index >= 15 is 0 Å². The second-order valence-electron chi connectivity index (χ2n) is 4.44. The van der Waals surface area contributed by atoms with E-state index in [2.05, 4.69) is 35.2 Å². The highest BCUT2D eigenvalue weighted by atomic mass is 16.5. The van der Waals surface area contributed by atoms with E-state index < -0.39 is 0 Å². The van der Waals surface area contributed by atoms with E-state index in [1.807, 2.05) is 38.1 Å². The number of methoxy groups -OCH3 is 1. The van der Waals surface area contributed by atoms with Gasteiger partial charge in [-0.1, -0.05) is 30.4 Å². The molecule has 1 heterocycles. The van der Waals surface area contributed by atoms with Crippen molar-refractivity contribution in [3.8, 4) is 0 Å². The van der Waals surface area contributed by atoms with Gasteiger partial charge in [-0.2, -0.15) is 0 Å². The SMILES string of the molecule is C/C=C\C(=C/C)C1C(OC)=Nc2ccccc2N1C. The molecule has 1 aromatic rings. The minimum atomic E-state index is 0.0288. The molecule has 0 radical (unpaired) electrons. The Bertz CT molecular complexity index is 543. The van der Waals surface area contributed by atoms with Crippen molar-refractivity contribution in [1.82, 2.24) is 0 Å². The maximum atomic E-state index is 5.49. The summed E-state index contributed by atoms with van der Waals surface area (Å²) in [5.41, 5.74) is 3.26. The molecular formula is C16H20N2O. The fraction of sp³-hybridized carbons (Fsp3) is 0.312. The number of anilines is 1. The Morgan fingerprint density at radius 3 is 2.68 bits per heavy atom. The van der Waals surface area contributed by atoms with E-state index in [0.29, 0.717) is 0 Å². The van der Waals surface area contributed by atoms with Gasteiger partial charge in [-0.3, -0.25) is 0 Å². The van der Waals surface area contributed by atoms with Crippen LogP contribution in [-0.2, 0) is 4.74 Å². The van der Waals surface area contributed by atoms with Gasteiger partial charge < -0.3 is 9.64 Å². The van der Waals surface area contributed by atoms with E-state index in [1.165, 1.54) is 5.57 Å². The summed E-state index contributed by atoms with van der Waals surface area (Å²) in [5.74, 6) is 0.729. The molecule has 1 atom stereocenters. The molecule has 0 saturated heterocycles. The van der Waals surface area contributed by atoms with Crippen LogP contribution in [-0.4, -0.2) is 26.1 Å². The molecule has 0 bridgehead atoms. The molecule has 1 unspecified atom stereocenters. The minimum absolute atomic E-state index is 0.0288. The molecule has 0 amide bonds. The van der Waals surface area contributed by atoms with E-state index in [-0.39, 0.29) is 6.04 Å². The normalized spacial score (nSPS) is 19.4. The number of likely N-dealkylation sites (N-methyl/N-ethyl adjacent to an activating group) is 1. The lowest BCUT2D eigenvalue weighted by molar-refractivity contribution is 0.384. The average Bonchev–Trinajstić information content (AvgIpc) is 2.45. The lowest BCUT2D eigenvalue weighted by Crippen LogP contribution is -2.42. The van der Waals surface area contributed by atoms with E-state index in [9.17, 15) is 0 Å². The second kappa shape index (κ2) is 5.74. The molecule has 0 N–H and O–H groups in total. The molecule has 1 aliphatic heterocycles. The molecule has 0 aliphatic carbocycles. The summed E-state index contributed by atoms with van der Waals surface area (Å²) >= 11 is 0. The van der Waals surface area contributed by atoms with Crippen molar-refractivity contribution in [2.24, 2.45) is 4.99 Å². The molecule has 0 saturated carbocycles. The quantitative estimate of drug-likeness (QED) is 0.754. The van der Waals surface area contributed by atoms with Gasteiger partial charge in [0.25, 0.3) is 0 Å². The number of para-hydroxylation sites is 2. The first kappa shape index (κ1) is 13.4. The molecule has 2 rings (SSSR count). The fourth-order valence-electron chi connectivity index (χ4n) is 2.40. The third kappa shape index (κ3) is 2.41. The number of hydrogen-bond acceptors (Lipinski definition) is 3. The van der Waals surface area contributed by atoms with Crippen molar-refractivity contribution in [2.75, 3.05) is 19.1 Å². The zero-order valence-corrected chi connectivity index (χ0v) is 11.9. The van der Waals surface area contributed by atoms with Gasteiger partial charge in [-0.05, 0) is 31.6 Å². The Morgan fingerprint density at radius 1 is 1.32 bits per heavy atom. The number of aliphatic imine (C=N–C) groups is 1. The summed E-state index contributed by atoms with van der Waals surface area (Å²) in [6, 6.07) is 8.14. The molecule has 100 valence electrons. The summed E-state index contributed by atoms with van der Waals surface area (Å²) in [4.78, 5) is 6.83. The first-order chi connectivity index (χ1) is 9.22. The number of hydrogen-bond donors (Lipinski definition) is 0. The second-order valence-corrected chi connectivity index (χ2v) is 4.44. The smallest absolute Gasteiger partial charge is 0.216 e. The minimum Gasteiger partial charge on any atom is -0.482 e. The number of ether oxygens (including phenoxy) is 1. The van der Waals surface area contributed by atoms with Crippen LogP contribution in [0.4, 0.5) is 11.4 Å². The summed E-state index contributed by atoms with van der Waals surface area (Å²) in [6.07, 6.45) is 6.24. The highest BCUT2D eigenvalue weighted by Gasteiger charge is 2.30. The average molecular weight is 256 g/mol. The molecule has 3 nitrogen and oxygen atoms in total. The van der Waals surface area contributed by atoms with Gasteiger partial charge in [0.1, 0.15) is 6.04 Å². The van der Waals surface area contributed by atoms with Crippen LogP contribution in [0.25, 0.3) is 0 Å². The molecule has 19 heavy (non-hydrogen) atoms. The van der Waals surface area contributed by atoms with Crippen LogP contribution < -0.4 is 4.90 Å². The van der Waals surface area contributed by atoms with Crippen LogP contribution in [0.2, 0.25) is 0 Å². The van der Waals surface area contributed by atoms with E-state index in [1.54, 1.807) is 7.11 Å². The maximum absolute atomic E-state index is 5.49. The first-order valence-corrected chi connectivity index (χ1v) is 6.46. The van der Waals surface area contributed by atoms with Crippen molar-refractivity contribution in [1.29, 1.82) is 0 Å². The van der Waals surface area contributed by atoms with Crippen LogP contribution in [0, 0.1) is 0 Å².